The van der Waals surface area contributed by atoms with Gasteiger partial charge in [0.25, 0.3) is 0 Å². The summed E-state index contributed by atoms with van der Waals surface area (Å²) in [6.45, 7) is -0.523. The van der Waals surface area contributed by atoms with Gasteiger partial charge in [0.15, 0.2) is 12.0 Å². The topological polar surface area (TPSA) is 71.7 Å². The van der Waals surface area contributed by atoms with E-state index in [0.29, 0.717) is 17.2 Å². The van der Waals surface area contributed by atoms with Gasteiger partial charge in [0.2, 0.25) is 0 Å². The molecule has 1 saturated carbocycles. The van der Waals surface area contributed by atoms with Crippen molar-refractivity contribution in [3.05, 3.63) is 53.1 Å². The lowest BCUT2D eigenvalue weighted by Gasteiger charge is -2.23. The molecular weight excluding hydrogens is 366 g/mol. The van der Waals surface area contributed by atoms with Crippen molar-refractivity contribution >= 4 is 16.7 Å². The number of aliphatic hydroxyl groups is 2. The molecule has 1 aliphatic heterocycles. The van der Waals surface area contributed by atoms with Gasteiger partial charge in [0, 0.05) is 16.5 Å². The maximum absolute atomic E-state index is 12.1. The molecule has 0 saturated heterocycles. The van der Waals surface area contributed by atoms with E-state index < -0.39 is 12.8 Å². The zero-order valence-corrected chi connectivity index (χ0v) is 16.5. The Bertz CT molecular complexity index is 1110. The molecule has 5 rings (SSSR count). The maximum atomic E-state index is 12.1. The first-order valence-electron chi connectivity index (χ1n) is 10.3. The average Bonchev–Trinajstić information content (AvgIpc) is 3.26. The van der Waals surface area contributed by atoms with Crippen LogP contribution in [0.3, 0.4) is 0 Å². The quantitative estimate of drug-likeness (QED) is 0.647. The normalized spacial score (nSPS) is 18.7. The summed E-state index contributed by atoms with van der Waals surface area (Å²) in [5.41, 5.74) is 5.40. The van der Waals surface area contributed by atoms with Crippen molar-refractivity contribution in [3.8, 4) is 17.0 Å². The lowest BCUT2D eigenvalue weighted by Crippen LogP contribution is -2.07. The molecule has 1 unspecified atom stereocenters. The summed E-state index contributed by atoms with van der Waals surface area (Å²) in [4.78, 5) is 12.1. The van der Waals surface area contributed by atoms with Crippen LogP contribution in [-0.4, -0.2) is 34.3 Å². The number of rotatable bonds is 4. The van der Waals surface area contributed by atoms with E-state index in [9.17, 15) is 15.0 Å². The Morgan fingerprint density at radius 1 is 1.14 bits per heavy atom. The van der Waals surface area contributed by atoms with E-state index in [1.54, 1.807) is 13.2 Å². The number of ketones is 1. The number of aromatic nitrogens is 1. The van der Waals surface area contributed by atoms with Crippen LogP contribution in [0.1, 0.15) is 65.7 Å². The van der Waals surface area contributed by atoms with Crippen LogP contribution in [-0.2, 0) is 0 Å². The molecule has 2 aliphatic rings. The predicted octanol–water partition coefficient (Wildman–Crippen LogP) is 4.39. The van der Waals surface area contributed by atoms with E-state index in [4.69, 9.17) is 4.74 Å². The van der Waals surface area contributed by atoms with Crippen molar-refractivity contribution in [2.45, 2.75) is 44.2 Å². The fraction of sp³-hybridized carbons (Fsp3) is 0.375. The highest BCUT2D eigenvalue weighted by Gasteiger charge is 2.37. The predicted molar refractivity (Wildman–Crippen MR) is 112 cm³/mol. The van der Waals surface area contributed by atoms with Gasteiger partial charge < -0.3 is 19.5 Å². The number of fused-ring (bicyclic) bond motifs is 5. The minimum atomic E-state index is -0.865. The Labute approximate surface area is 169 Å². The highest BCUT2D eigenvalue weighted by molar-refractivity contribution is 6.03. The largest absolute Gasteiger partial charge is 0.496 e. The molecule has 150 valence electrons. The first-order chi connectivity index (χ1) is 14.2. The molecule has 1 aliphatic carbocycles. The highest BCUT2D eigenvalue weighted by atomic mass is 16.5. The molecule has 0 amide bonds. The van der Waals surface area contributed by atoms with Gasteiger partial charge in [-0.2, -0.15) is 0 Å². The third kappa shape index (κ3) is 2.65. The number of benzene rings is 2. The van der Waals surface area contributed by atoms with E-state index >= 15 is 0 Å². The molecule has 0 bridgehead atoms. The minimum Gasteiger partial charge on any atom is -0.496 e. The Morgan fingerprint density at radius 2 is 1.93 bits per heavy atom. The van der Waals surface area contributed by atoms with E-state index in [0.717, 1.165) is 40.6 Å². The van der Waals surface area contributed by atoms with E-state index in [-0.39, 0.29) is 5.78 Å². The summed E-state index contributed by atoms with van der Waals surface area (Å²) in [6.07, 6.45) is 5.11. The monoisotopic (exact) mass is 391 g/mol. The summed E-state index contributed by atoms with van der Waals surface area (Å²) in [5.74, 6) is 0.791. The van der Waals surface area contributed by atoms with E-state index in [2.05, 4.69) is 0 Å². The molecule has 2 heterocycles. The van der Waals surface area contributed by atoms with Gasteiger partial charge >= 0.3 is 0 Å². The molecule has 3 aromatic rings. The second kappa shape index (κ2) is 7.01. The Hall–Kier alpha value is -2.63. The summed E-state index contributed by atoms with van der Waals surface area (Å²) < 4.78 is 7.49. The van der Waals surface area contributed by atoms with Crippen molar-refractivity contribution in [1.82, 2.24) is 4.57 Å². The molecule has 0 radical (unpaired) electrons. The summed E-state index contributed by atoms with van der Waals surface area (Å²) in [6, 6.07) is 11.5. The molecule has 1 atom stereocenters. The smallest absolute Gasteiger partial charge is 0.188 e. The van der Waals surface area contributed by atoms with Crippen LogP contribution < -0.4 is 4.74 Å². The maximum Gasteiger partial charge on any atom is 0.188 e. The fourth-order valence-corrected chi connectivity index (χ4v) is 5.26. The molecule has 5 nitrogen and oxygen atoms in total. The van der Waals surface area contributed by atoms with Crippen LogP contribution in [0.5, 0.6) is 5.75 Å². The van der Waals surface area contributed by atoms with Gasteiger partial charge in [-0.15, -0.1) is 0 Å². The average molecular weight is 391 g/mol. The second-order valence-corrected chi connectivity index (χ2v) is 8.08. The number of Topliss-reactive ketones (excluding diaryl/α,β-unsaturated/α-hetero) is 1. The van der Waals surface area contributed by atoms with Crippen LogP contribution in [0.15, 0.2) is 36.4 Å². The molecular formula is C24H25NO4. The van der Waals surface area contributed by atoms with Crippen molar-refractivity contribution in [2.75, 3.05) is 13.7 Å². The third-order valence-electron chi connectivity index (χ3n) is 6.57. The van der Waals surface area contributed by atoms with E-state index in [1.165, 1.54) is 24.8 Å². The molecule has 5 heteroatoms. The minimum absolute atomic E-state index is 0.316. The zero-order chi connectivity index (χ0) is 20.1. The van der Waals surface area contributed by atoms with E-state index in [1.807, 2.05) is 34.9 Å². The molecule has 1 aromatic heterocycles. The number of ether oxygens (including phenoxy) is 1. The molecule has 29 heavy (non-hydrogen) atoms. The SMILES string of the molecule is COc1cccc2c1C(O)n1c-2c(C2CCCCC2)c2ccc(C(=O)CO)cc21. The van der Waals surface area contributed by atoms with Crippen LogP contribution >= 0.6 is 0 Å². The van der Waals surface area contributed by atoms with Crippen molar-refractivity contribution in [2.24, 2.45) is 0 Å². The van der Waals surface area contributed by atoms with Crippen LogP contribution in [0.25, 0.3) is 22.2 Å². The van der Waals surface area contributed by atoms with Gasteiger partial charge in [0.1, 0.15) is 12.4 Å². The van der Waals surface area contributed by atoms with Crippen molar-refractivity contribution < 1.29 is 19.7 Å². The van der Waals surface area contributed by atoms with Gasteiger partial charge in [-0.05, 0) is 36.5 Å². The van der Waals surface area contributed by atoms with Crippen LogP contribution in [0, 0.1) is 0 Å². The van der Waals surface area contributed by atoms with Gasteiger partial charge in [-0.25, -0.2) is 0 Å². The number of carbonyl (C=O) groups excluding carboxylic acids is 1. The number of nitrogens with zero attached hydrogens (tertiary/aromatic N) is 1. The zero-order valence-electron chi connectivity index (χ0n) is 16.5. The Morgan fingerprint density at radius 3 is 2.66 bits per heavy atom. The standard InChI is InChI=1S/C24H25NO4/c1-29-20-9-5-8-17-22(20)24(28)25-18-12-15(19(27)13-26)10-11-16(18)21(23(17)25)14-6-3-2-4-7-14/h5,8-12,14,24,26,28H,2-4,6-7,13H2,1H3. The summed E-state index contributed by atoms with van der Waals surface area (Å²) in [7, 11) is 1.62. The molecule has 0 spiro atoms. The second-order valence-electron chi connectivity index (χ2n) is 8.08. The first-order valence-corrected chi connectivity index (χ1v) is 10.3. The number of hydrogen-bond donors (Lipinski definition) is 2. The number of hydrogen-bond acceptors (Lipinski definition) is 4. The van der Waals surface area contributed by atoms with Gasteiger partial charge in [-0.1, -0.05) is 43.5 Å². The first kappa shape index (κ1) is 18.4. The van der Waals surface area contributed by atoms with Gasteiger partial charge in [0.05, 0.1) is 23.9 Å². The Kier molecular flexibility index (Phi) is 4.45. The Balaban J connectivity index is 1.82. The number of carbonyl (C=O) groups is 1. The number of methoxy groups -OCH3 is 1. The molecule has 2 aromatic carbocycles. The van der Waals surface area contributed by atoms with Crippen LogP contribution in [0.4, 0.5) is 0 Å². The van der Waals surface area contributed by atoms with Crippen molar-refractivity contribution in [1.29, 1.82) is 0 Å². The molecule has 2 N–H and O–H groups in total. The number of aliphatic hydroxyl groups excluding tert-OH is 2. The lowest BCUT2D eigenvalue weighted by molar-refractivity contribution is 0.0903. The lowest BCUT2D eigenvalue weighted by atomic mass is 9.81. The molecule has 1 fully saturated rings. The summed E-state index contributed by atoms with van der Waals surface area (Å²) in [5, 5.41) is 21.7. The van der Waals surface area contributed by atoms with Crippen molar-refractivity contribution in [3.63, 3.8) is 0 Å². The summed E-state index contributed by atoms with van der Waals surface area (Å²) >= 11 is 0. The highest BCUT2D eigenvalue weighted by Crippen LogP contribution is 2.52. The fourth-order valence-electron chi connectivity index (χ4n) is 5.26. The van der Waals surface area contributed by atoms with Crippen LogP contribution in [0.2, 0.25) is 0 Å². The third-order valence-corrected chi connectivity index (χ3v) is 6.57. The van der Waals surface area contributed by atoms with Gasteiger partial charge in [-0.3, -0.25) is 4.79 Å².